The Hall–Kier alpha value is -2.01. The number of aromatic hydroxyl groups is 1. The molecule has 2 aromatic rings. The van der Waals surface area contributed by atoms with Gasteiger partial charge in [0.25, 0.3) is 5.91 Å². The fourth-order valence-electron chi connectivity index (χ4n) is 1.61. The van der Waals surface area contributed by atoms with Gasteiger partial charge < -0.3 is 16.2 Å². The van der Waals surface area contributed by atoms with Crippen LogP contribution in [0.2, 0.25) is 0 Å². The summed E-state index contributed by atoms with van der Waals surface area (Å²) in [7, 11) is 0. The van der Waals surface area contributed by atoms with Gasteiger partial charge in [-0.3, -0.25) is 4.79 Å². The van der Waals surface area contributed by atoms with Crippen LogP contribution in [-0.2, 0) is 0 Å². The van der Waals surface area contributed by atoms with Gasteiger partial charge in [-0.25, -0.2) is 0 Å². The molecule has 0 unspecified atom stereocenters. The highest BCUT2D eigenvalue weighted by atomic mass is 79.9. The van der Waals surface area contributed by atoms with Crippen molar-refractivity contribution in [1.82, 2.24) is 0 Å². The first kappa shape index (κ1) is 13.4. The highest BCUT2D eigenvalue weighted by Crippen LogP contribution is 2.25. The van der Waals surface area contributed by atoms with Gasteiger partial charge in [-0.05, 0) is 64.8 Å². The van der Waals surface area contributed by atoms with Gasteiger partial charge in [-0.2, -0.15) is 0 Å². The minimum absolute atomic E-state index is 0.0288. The number of aryl methyl sites for hydroxylation is 1. The number of phenolic OH excluding ortho intramolecular Hbond substituents is 1. The van der Waals surface area contributed by atoms with E-state index >= 15 is 0 Å². The molecule has 1 amide bonds. The molecule has 0 aromatic heterocycles. The molecule has 4 N–H and O–H groups in total. The van der Waals surface area contributed by atoms with Gasteiger partial charge in [0.15, 0.2) is 0 Å². The maximum Gasteiger partial charge on any atom is 0.255 e. The highest BCUT2D eigenvalue weighted by molar-refractivity contribution is 9.10. The number of nitrogen functional groups attached to an aromatic ring is 1. The normalized spacial score (nSPS) is 10.2. The maximum absolute atomic E-state index is 12.0. The van der Waals surface area contributed by atoms with Crippen LogP contribution in [0, 0.1) is 6.92 Å². The number of hydrogen-bond acceptors (Lipinski definition) is 3. The molecule has 4 nitrogen and oxygen atoms in total. The van der Waals surface area contributed by atoms with Crippen molar-refractivity contribution >= 4 is 33.2 Å². The van der Waals surface area contributed by atoms with Crippen LogP contribution in [0.3, 0.4) is 0 Å². The third kappa shape index (κ3) is 3.06. The summed E-state index contributed by atoms with van der Waals surface area (Å²) in [5.41, 5.74) is 8.35. The van der Waals surface area contributed by atoms with Crippen molar-refractivity contribution < 1.29 is 9.90 Å². The molecule has 98 valence electrons. The van der Waals surface area contributed by atoms with Gasteiger partial charge in [-0.1, -0.05) is 0 Å². The quantitative estimate of drug-likeness (QED) is 0.743. The molecule has 0 bridgehead atoms. The molecule has 2 aromatic carbocycles. The van der Waals surface area contributed by atoms with Gasteiger partial charge >= 0.3 is 0 Å². The molecule has 19 heavy (non-hydrogen) atoms. The van der Waals surface area contributed by atoms with E-state index in [2.05, 4.69) is 21.2 Å². The summed E-state index contributed by atoms with van der Waals surface area (Å²) in [6.07, 6.45) is 0. The van der Waals surface area contributed by atoms with E-state index in [4.69, 9.17) is 5.73 Å². The number of nitrogens with two attached hydrogens (primary N) is 1. The number of carbonyl (C=O) groups excluding carboxylic acids is 1. The van der Waals surface area contributed by atoms with Crippen LogP contribution >= 0.6 is 15.9 Å². The average Bonchev–Trinajstić information content (AvgIpc) is 2.37. The van der Waals surface area contributed by atoms with Crippen LogP contribution in [0.5, 0.6) is 5.75 Å². The van der Waals surface area contributed by atoms with Gasteiger partial charge in [-0.15, -0.1) is 0 Å². The monoisotopic (exact) mass is 320 g/mol. The highest BCUT2D eigenvalue weighted by Gasteiger charge is 2.09. The molecule has 0 heterocycles. The Kier molecular flexibility index (Phi) is 3.76. The number of carbonyl (C=O) groups is 1. The Morgan fingerprint density at radius 2 is 2.00 bits per heavy atom. The minimum atomic E-state index is -0.285. The van der Waals surface area contributed by atoms with Gasteiger partial charge in [0.1, 0.15) is 5.75 Å². The number of rotatable bonds is 2. The SMILES string of the molecule is Cc1cc(NC(=O)c2ccc(Br)c(O)c2)ccc1N. The summed E-state index contributed by atoms with van der Waals surface area (Å²) >= 11 is 3.17. The lowest BCUT2D eigenvalue weighted by Gasteiger charge is -2.08. The van der Waals surface area contributed by atoms with Crippen molar-refractivity contribution in [2.45, 2.75) is 6.92 Å². The third-order valence-electron chi connectivity index (χ3n) is 2.74. The van der Waals surface area contributed by atoms with E-state index in [-0.39, 0.29) is 11.7 Å². The molecular formula is C14H13BrN2O2. The second kappa shape index (κ2) is 5.32. The van der Waals surface area contributed by atoms with E-state index in [9.17, 15) is 9.90 Å². The fourth-order valence-corrected chi connectivity index (χ4v) is 1.86. The standard InChI is InChI=1S/C14H13BrN2O2/c1-8-6-10(3-5-12(8)16)17-14(19)9-2-4-11(15)13(18)7-9/h2-7,18H,16H2,1H3,(H,17,19). The number of hydrogen-bond donors (Lipinski definition) is 3. The molecule has 0 radical (unpaired) electrons. The molecule has 0 saturated carbocycles. The van der Waals surface area contributed by atoms with E-state index < -0.39 is 0 Å². The number of nitrogens with one attached hydrogen (secondary N) is 1. The summed E-state index contributed by atoms with van der Waals surface area (Å²) in [5.74, 6) is -0.256. The molecule has 0 atom stereocenters. The molecule has 0 aliphatic carbocycles. The second-order valence-corrected chi connectivity index (χ2v) is 5.05. The number of anilines is 2. The second-order valence-electron chi connectivity index (χ2n) is 4.19. The zero-order valence-corrected chi connectivity index (χ0v) is 11.9. The van der Waals surface area contributed by atoms with Crippen molar-refractivity contribution in [3.8, 4) is 5.75 Å². The topological polar surface area (TPSA) is 75.3 Å². The van der Waals surface area contributed by atoms with Gasteiger partial charge in [0.2, 0.25) is 0 Å². The lowest BCUT2D eigenvalue weighted by molar-refractivity contribution is 0.102. The van der Waals surface area contributed by atoms with E-state index in [0.717, 1.165) is 5.56 Å². The molecule has 5 heteroatoms. The zero-order valence-electron chi connectivity index (χ0n) is 10.3. The van der Waals surface area contributed by atoms with E-state index in [1.54, 1.807) is 30.3 Å². The number of benzene rings is 2. The van der Waals surface area contributed by atoms with Crippen LogP contribution in [-0.4, -0.2) is 11.0 Å². The summed E-state index contributed by atoms with van der Waals surface area (Å²) in [5, 5.41) is 12.3. The fraction of sp³-hybridized carbons (Fsp3) is 0.0714. The molecule has 0 fully saturated rings. The molecule has 0 aliphatic heterocycles. The number of phenols is 1. The Labute approximate surface area is 119 Å². The number of halogens is 1. The Morgan fingerprint density at radius 3 is 2.63 bits per heavy atom. The summed E-state index contributed by atoms with van der Waals surface area (Å²) < 4.78 is 0.548. The van der Waals surface area contributed by atoms with Crippen LogP contribution < -0.4 is 11.1 Å². The first-order valence-corrected chi connectivity index (χ1v) is 6.42. The van der Waals surface area contributed by atoms with Crippen molar-refractivity contribution in [3.63, 3.8) is 0 Å². The van der Waals surface area contributed by atoms with E-state index in [1.165, 1.54) is 6.07 Å². The number of amides is 1. The molecule has 0 saturated heterocycles. The molecule has 2 rings (SSSR count). The van der Waals surface area contributed by atoms with Crippen LogP contribution in [0.15, 0.2) is 40.9 Å². The summed E-state index contributed by atoms with van der Waals surface area (Å²) in [6.45, 7) is 1.87. The smallest absolute Gasteiger partial charge is 0.255 e. The van der Waals surface area contributed by atoms with Crippen molar-refractivity contribution in [3.05, 3.63) is 52.0 Å². The molecule has 0 aliphatic rings. The maximum atomic E-state index is 12.0. The third-order valence-corrected chi connectivity index (χ3v) is 3.41. The minimum Gasteiger partial charge on any atom is -0.507 e. The van der Waals surface area contributed by atoms with Gasteiger partial charge in [0.05, 0.1) is 4.47 Å². The Balaban J connectivity index is 2.20. The lowest BCUT2D eigenvalue weighted by Crippen LogP contribution is -2.12. The first-order chi connectivity index (χ1) is 8.97. The van der Waals surface area contributed by atoms with E-state index in [1.807, 2.05) is 6.92 Å². The molecular weight excluding hydrogens is 308 g/mol. The van der Waals surface area contributed by atoms with Crippen LogP contribution in [0.1, 0.15) is 15.9 Å². The predicted octanol–water partition coefficient (Wildman–Crippen LogP) is 3.30. The van der Waals surface area contributed by atoms with Crippen LogP contribution in [0.4, 0.5) is 11.4 Å². The zero-order chi connectivity index (χ0) is 14.0. The van der Waals surface area contributed by atoms with Crippen LogP contribution in [0.25, 0.3) is 0 Å². The Bertz CT molecular complexity index is 641. The Morgan fingerprint density at radius 1 is 1.26 bits per heavy atom. The molecule has 0 spiro atoms. The van der Waals surface area contributed by atoms with Gasteiger partial charge in [0, 0.05) is 16.9 Å². The van der Waals surface area contributed by atoms with Crippen molar-refractivity contribution in [1.29, 1.82) is 0 Å². The van der Waals surface area contributed by atoms with Crippen molar-refractivity contribution in [2.24, 2.45) is 0 Å². The largest absolute Gasteiger partial charge is 0.507 e. The average molecular weight is 321 g/mol. The van der Waals surface area contributed by atoms with E-state index in [0.29, 0.717) is 21.4 Å². The summed E-state index contributed by atoms with van der Waals surface area (Å²) in [6, 6.07) is 9.93. The summed E-state index contributed by atoms with van der Waals surface area (Å²) in [4.78, 5) is 12.0. The van der Waals surface area contributed by atoms with Crippen molar-refractivity contribution in [2.75, 3.05) is 11.1 Å². The lowest BCUT2D eigenvalue weighted by atomic mass is 10.1. The first-order valence-electron chi connectivity index (χ1n) is 5.63. The predicted molar refractivity (Wildman–Crippen MR) is 79.4 cm³/mol.